The highest BCUT2D eigenvalue weighted by Crippen LogP contribution is 2.34. The summed E-state index contributed by atoms with van der Waals surface area (Å²) < 4.78 is 5.21. The van der Waals surface area contributed by atoms with Gasteiger partial charge in [0.25, 0.3) is 0 Å². The maximum Gasteiger partial charge on any atom is 0.417 e. The van der Waals surface area contributed by atoms with Crippen LogP contribution in [0.5, 0.6) is 0 Å². The van der Waals surface area contributed by atoms with Crippen LogP contribution in [0.4, 0.5) is 0 Å². The van der Waals surface area contributed by atoms with Crippen LogP contribution in [-0.4, -0.2) is 17.6 Å². The number of benzene rings is 2. The first-order valence-corrected chi connectivity index (χ1v) is 10.5. The zero-order chi connectivity index (χ0) is 19.5. The third-order valence-corrected chi connectivity index (χ3v) is 6.20. The molecule has 0 bridgehead atoms. The third-order valence-electron chi connectivity index (χ3n) is 6.20. The van der Waals surface area contributed by atoms with E-state index < -0.39 is 0 Å². The summed E-state index contributed by atoms with van der Waals surface area (Å²) in [6.07, 6.45) is 7.14. The van der Waals surface area contributed by atoms with Crippen LogP contribution >= 0.6 is 0 Å². The monoisotopic (exact) mass is 378 g/mol. The molecule has 148 valence electrons. The summed E-state index contributed by atoms with van der Waals surface area (Å²) in [5.74, 6) is 0.193. The van der Waals surface area contributed by atoms with Gasteiger partial charge in [0.15, 0.2) is 5.58 Å². The van der Waals surface area contributed by atoms with Crippen LogP contribution in [0.3, 0.4) is 0 Å². The molecule has 0 radical (unpaired) electrons. The van der Waals surface area contributed by atoms with Crippen LogP contribution in [0.25, 0.3) is 11.1 Å². The fraction of sp³-hybridized carbons (Fsp3) is 0.458. The van der Waals surface area contributed by atoms with Crippen molar-refractivity contribution >= 4 is 11.1 Å². The van der Waals surface area contributed by atoms with E-state index in [0.29, 0.717) is 17.5 Å². The summed E-state index contributed by atoms with van der Waals surface area (Å²) in [5.41, 5.74) is 6.98. The quantitative estimate of drug-likeness (QED) is 0.594. The molecule has 1 aliphatic rings. The Hall–Kier alpha value is -2.33. The van der Waals surface area contributed by atoms with Gasteiger partial charge in [-0.2, -0.15) is 0 Å². The summed E-state index contributed by atoms with van der Waals surface area (Å²) >= 11 is 0. The van der Waals surface area contributed by atoms with E-state index in [0.717, 1.165) is 18.5 Å². The number of aromatic amines is 1. The molecule has 1 aliphatic carbocycles. The van der Waals surface area contributed by atoms with E-state index in [1.54, 1.807) is 0 Å². The molecular formula is C24H30N2O2. The van der Waals surface area contributed by atoms with E-state index in [4.69, 9.17) is 4.42 Å². The van der Waals surface area contributed by atoms with Crippen LogP contribution in [0.2, 0.25) is 0 Å². The lowest BCUT2D eigenvalue weighted by molar-refractivity contribution is 0.342. The fourth-order valence-corrected chi connectivity index (χ4v) is 4.56. The summed E-state index contributed by atoms with van der Waals surface area (Å²) in [6, 6.07) is 13.5. The summed E-state index contributed by atoms with van der Waals surface area (Å²) in [4.78, 5) is 14.0. The van der Waals surface area contributed by atoms with Gasteiger partial charge in [0.2, 0.25) is 0 Å². The van der Waals surface area contributed by atoms with Gasteiger partial charge in [-0.3, -0.25) is 4.98 Å². The second kappa shape index (κ2) is 8.36. The lowest BCUT2D eigenvalue weighted by atomic mass is 9.81. The first kappa shape index (κ1) is 19.0. The highest BCUT2D eigenvalue weighted by atomic mass is 16.4. The number of fused-ring (bicyclic) bond motifs is 1. The first-order valence-electron chi connectivity index (χ1n) is 10.5. The van der Waals surface area contributed by atoms with Crippen LogP contribution < -0.4 is 11.1 Å². The lowest BCUT2D eigenvalue weighted by Gasteiger charge is -2.29. The number of nitrogens with one attached hydrogen (secondary N) is 2. The van der Waals surface area contributed by atoms with Gasteiger partial charge in [0.1, 0.15) is 0 Å². The lowest BCUT2D eigenvalue weighted by Crippen LogP contribution is -2.33. The zero-order valence-corrected chi connectivity index (χ0v) is 16.9. The van der Waals surface area contributed by atoms with Crippen molar-refractivity contribution in [1.29, 1.82) is 0 Å². The molecule has 4 nitrogen and oxygen atoms in total. The number of oxazole rings is 1. The molecule has 1 aromatic heterocycles. The number of hydrogen-bond acceptors (Lipinski definition) is 3. The van der Waals surface area contributed by atoms with Crippen LogP contribution in [0, 0.1) is 13.8 Å². The standard InChI is InChI=1S/C24H30N2O2/c1-16-5-6-18(17(2)14-16)4-3-13-25-21-10-7-19(8-11-21)20-9-12-22-23(15-20)28-24(27)26-22/h5-6,9,12,14-15,19,21,25H,3-4,7-8,10-11,13H2,1-2H3,(H,26,27)/t19-,21-. The maximum atomic E-state index is 11.3. The second-order valence-electron chi connectivity index (χ2n) is 8.31. The highest BCUT2D eigenvalue weighted by molar-refractivity contribution is 5.72. The van der Waals surface area contributed by atoms with Crippen molar-refractivity contribution in [2.75, 3.05) is 6.54 Å². The number of H-pyrrole nitrogens is 1. The molecule has 1 saturated carbocycles. The Labute approximate surface area is 166 Å². The Morgan fingerprint density at radius 1 is 1.07 bits per heavy atom. The maximum absolute atomic E-state index is 11.3. The Balaban J connectivity index is 1.23. The molecule has 2 N–H and O–H groups in total. The van der Waals surface area contributed by atoms with E-state index in [9.17, 15) is 4.79 Å². The molecule has 1 heterocycles. The summed E-state index contributed by atoms with van der Waals surface area (Å²) in [5, 5.41) is 3.76. The van der Waals surface area contributed by atoms with Crippen molar-refractivity contribution in [1.82, 2.24) is 10.3 Å². The van der Waals surface area contributed by atoms with E-state index in [-0.39, 0.29) is 5.76 Å². The van der Waals surface area contributed by atoms with Crippen molar-refractivity contribution in [3.05, 3.63) is 69.2 Å². The number of aromatic nitrogens is 1. The normalized spacial score (nSPS) is 19.9. The van der Waals surface area contributed by atoms with Gasteiger partial charge in [0.05, 0.1) is 5.52 Å². The molecule has 4 rings (SSSR count). The molecule has 2 aromatic carbocycles. The predicted octanol–water partition coefficient (Wildman–Crippen LogP) is 4.99. The number of aryl methyl sites for hydroxylation is 3. The molecule has 0 amide bonds. The molecule has 0 saturated heterocycles. The van der Waals surface area contributed by atoms with E-state index in [1.807, 2.05) is 12.1 Å². The second-order valence-corrected chi connectivity index (χ2v) is 8.31. The van der Waals surface area contributed by atoms with Gasteiger partial charge >= 0.3 is 5.76 Å². The van der Waals surface area contributed by atoms with E-state index in [2.05, 4.69) is 48.4 Å². The average molecular weight is 379 g/mol. The minimum atomic E-state index is -0.374. The molecular weight excluding hydrogens is 348 g/mol. The van der Waals surface area contributed by atoms with E-state index in [1.165, 1.54) is 54.4 Å². The van der Waals surface area contributed by atoms with Crippen LogP contribution in [-0.2, 0) is 6.42 Å². The molecule has 1 fully saturated rings. The fourth-order valence-electron chi connectivity index (χ4n) is 4.56. The number of rotatable bonds is 6. The van der Waals surface area contributed by atoms with Gasteiger partial charge < -0.3 is 9.73 Å². The highest BCUT2D eigenvalue weighted by Gasteiger charge is 2.22. The minimum absolute atomic E-state index is 0.374. The van der Waals surface area contributed by atoms with Gasteiger partial charge in [-0.25, -0.2) is 4.79 Å². The topological polar surface area (TPSA) is 58.0 Å². The van der Waals surface area contributed by atoms with Gasteiger partial charge in [-0.1, -0.05) is 29.8 Å². The SMILES string of the molecule is Cc1ccc(CCCN[C@H]2CC[C@H](c3ccc4[nH]c(=O)oc4c3)CC2)c(C)c1. The smallest absolute Gasteiger partial charge is 0.408 e. The Kier molecular flexibility index (Phi) is 5.67. The first-order chi connectivity index (χ1) is 13.6. The molecule has 28 heavy (non-hydrogen) atoms. The largest absolute Gasteiger partial charge is 0.417 e. The third kappa shape index (κ3) is 4.39. The Bertz CT molecular complexity index is 993. The molecule has 0 aliphatic heterocycles. The van der Waals surface area contributed by atoms with Gasteiger partial charge in [-0.05, 0) is 93.7 Å². The average Bonchev–Trinajstić information content (AvgIpc) is 3.06. The minimum Gasteiger partial charge on any atom is -0.408 e. The molecule has 3 aromatic rings. The Morgan fingerprint density at radius 2 is 1.89 bits per heavy atom. The zero-order valence-electron chi connectivity index (χ0n) is 16.9. The van der Waals surface area contributed by atoms with Gasteiger partial charge in [0, 0.05) is 6.04 Å². The molecule has 0 atom stereocenters. The Morgan fingerprint density at radius 3 is 2.68 bits per heavy atom. The van der Waals surface area contributed by atoms with Crippen molar-refractivity contribution in [2.24, 2.45) is 0 Å². The van der Waals surface area contributed by atoms with Gasteiger partial charge in [-0.15, -0.1) is 0 Å². The summed E-state index contributed by atoms with van der Waals surface area (Å²) in [6.45, 7) is 5.46. The van der Waals surface area contributed by atoms with Crippen molar-refractivity contribution in [2.45, 2.75) is 64.3 Å². The van der Waals surface area contributed by atoms with Crippen molar-refractivity contribution in [3.63, 3.8) is 0 Å². The number of hydrogen-bond donors (Lipinski definition) is 2. The van der Waals surface area contributed by atoms with Crippen LogP contribution in [0.15, 0.2) is 45.6 Å². The van der Waals surface area contributed by atoms with Crippen molar-refractivity contribution < 1.29 is 4.42 Å². The summed E-state index contributed by atoms with van der Waals surface area (Å²) in [7, 11) is 0. The van der Waals surface area contributed by atoms with E-state index >= 15 is 0 Å². The molecule has 4 heteroatoms. The predicted molar refractivity (Wildman–Crippen MR) is 114 cm³/mol. The molecule has 0 unspecified atom stereocenters. The van der Waals surface area contributed by atoms with Crippen molar-refractivity contribution in [3.8, 4) is 0 Å². The van der Waals surface area contributed by atoms with Crippen LogP contribution in [0.1, 0.15) is 60.3 Å². The molecule has 0 spiro atoms.